The van der Waals surface area contributed by atoms with Crippen molar-refractivity contribution >= 4 is 27.3 Å². The highest BCUT2D eigenvalue weighted by Gasteiger charge is 2.08. The van der Waals surface area contributed by atoms with Crippen molar-refractivity contribution in [1.29, 1.82) is 0 Å². The number of nitrogens with one attached hydrogen (secondary N) is 1. The standard InChI is InChI=1S/C15H15BrN2O3/c1-2-21-14-7-4-12(5-8-14)17-10-11-3-6-13(18(19)20)9-15(11)16/h3-9,17H,2,10H2,1H3. The van der Waals surface area contributed by atoms with Crippen LogP contribution in [0.3, 0.4) is 0 Å². The zero-order valence-corrected chi connectivity index (χ0v) is 13.1. The highest BCUT2D eigenvalue weighted by molar-refractivity contribution is 9.10. The molecule has 2 aromatic carbocycles. The van der Waals surface area contributed by atoms with Crippen LogP contribution in [0.2, 0.25) is 0 Å². The molecule has 0 spiro atoms. The van der Waals surface area contributed by atoms with Gasteiger partial charge in [-0.1, -0.05) is 15.9 Å². The Balaban J connectivity index is 2.01. The topological polar surface area (TPSA) is 64.4 Å². The smallest absolute Gasteiger partial charge is 0.270 e. The Labute approximate surface area is 131 Å². The molecule has 0 aliphatic carbocycles. The molecule has 0 atom stereocenters. The first-order chi connectivity index (χ1) is 10.1. The van der Waals surface area contributed by atoms with Crippen molar-refractivity contribution in [2.45, 2.75) is 13.5 Å². The van der Waals surface area contributed by atoms with Crippen LogP contribution in [-0.4, -0.2) is 11.5 Å². The molecule has 0 saturated carbocycles. The van der Waals surface area contributed by atoms with E-state index < -0.39 is 4.92 Å². The molecule has 0 bridgehead atoms. The van der Waals surface area contributed by atoms with Gasteiger partial charge >= 0.3 is 0 Å². The monoisotopic (exact) mass is 350 g/mol. The van der Waals surface area contributed by atoms with E-state index in [1.807, 2.05) is 31.2 Å². The maximum Gasteiger partial charge on any atom is 0.270 e. The third-order valence-electron chi connectivity index (χ3n) is 2.90. The predicted octanol–water partition coefficient (Wildman–Crippen LogP) is 4.37. The van der Waals surface area contributed by atoms with Crippen molar-refractivity contribution in [3.05, 3.63) is 62.6 Å². The van der Waals surface area contributed by atoms with E-state index in [0.29, 0.717) is 13.2 Å². The number of hydrogen-bond donors (Lipinski definition) is 1. The van der Waals surface area contributed by atoms with Gasteiger partial charge in [-0.2, -0.15) is 0 Å². The molecule has 6 heteroatoms. The molecule has 2 aromatic rings. The summed E-state index contributed by atoms with van der Waals surface area (Å²) in [5, 5.41) is 14.0. The van der Waals surface area contributed by atoms with Crippen LogP contribution in [0.4, 0.5) is 11.4 Å². The van der Waals surface area contributed by atoms with E-state index in [0.717, 1.165) is 21.5 Å². The maximum absolute atomic E-state index is 10.7. The number of nitrogens with zero attached hydrogens (tertiary/aromatic N) is 1. The summed E-state index contributed by atoms with van der Waals surface area (Å²) in [6.07, 6.45) is 0. The molecular formula is C15H15BrN2O3. The van der Waals surface area contributed by atoms with Gasteiger partial charge in [0, 0.05) is 28.8 Å². The third-order valence-corrected chi connectivity index (χ3v) is 3.63. The maximum atomic E-state index is 10.7. The third kappa shape index (κ3) is 4.19. The summed E-state index contributed by atoms with van der Waals surface area (Å²) in [4.78, 5) is 10.3. The van der Waals surface area contributed by atoms with Crippen LogP contribution in [-0.2, 0) is 6.54 Å². The summed E-state index contributed by atoms with van der Waals surface area (Å²) in [5.41, 5.74) is 1.99. The van der Waals surface area contributed by atoms with Crippen molar-refractivity contribution in [3.63, 3.8) is 0 Å². The van der Waals surface area contributed by atoms with E-state index in [2.05, 4.69) is 21.2 Å². The second kappa shape index (κ2) is 7.08. The number of rotatable bonds is 6. The molecule has 0 saturated heterocycles. The Bertz CT molecular complexity index is 629. The van der Waals surface area contributed by atoms with Crippen LogP contribution in [0.5, 0.6) is 5.75 Å². The van der Waals surface area contributed by atoms with Gasteiger partial charge in [-0.05, 0) is 42.8 Å². The lowest BCUT2D eigenvalue weighted by molar-refractivity contribution is -0.384. The number of non-ortho nitro benzene ring substituents is 1. The normalized spacial score (nSPS) is 10.2. The van der Waals surface area contributed by atoms with E-state index in [1.165, 1.54) is 12.1 Å². The zero-order chi connectivity index (χ0) is 15.2. The van der Waals surface area contributed by atoms with Crippen LogP contribution in [0.25, 0.3) is 0 Å². The summed E-state index contributed by atoms with van der Waals surface area (Å²) in [5.74, 6) is 0.833. The van der Waals surface area contributed by atoms with Gasteiger partial charge in [0.1, 0.15) is 5.75 Å². The van der Waals surface area contributed by atoms with Crippen LogP contribution < -0.4 is 10.1 Å². The second-order valence-electron chi connectivity index (χ2n) is 4.34. The molecule has 1 N–H and O–H groups in total. The quantitative estimate of drug-likeness (QED) is 0.620. The lowest BCUT2D eigenvalue weighted by Crippen LogP contribution is -2.01. The van der Waals surface area contributed by atoms with Gasteiger partial charge in [0.2, 0.25) is 0 Å². The summed E-state index contributed by atoms with van der Waals surface area (Å²) in [6.45, 7) is 3.16. The molecule has 0 fully saturated rings. The van der Waals surface area contributed by atoms with E-state index in [4.69, 9.17) is 4.74 Å². The summed E-state index contributed by atoms with van der Waals surface area (Å²) < 4.78 is 6.10. The first kappa shape index (κ1) is 15.3. The first-order valence-electron chi connectivity index (χ1n) is 6.49. The summed E-state index contributed by atoms with van der Waals surface area (Å²) in [7, 11) is 0. The SMILES string of the molecule is CCOc1ccc(NCc2ccc([N+](=O)[O-])cc2Br)cc1. The summed E-state index contributed by atoms with van der Waals surface area (Å²) in [6, 6.07) is 12.4. The van der Waals surface area contributed by atoms with Gasteiger partial charge in [-0.25, -0.2) is 0 Å². The average molecular weight is 351 g/mol. The lowest BCUT2D eigenvalue weighted by atomic mass is 10.2. The minimum Gasteiger partial charge on any atom is -0.494 e. The molecule has 0 heterocycles. The van der Waals surface area contributed by atoms with E-state index in [9.17, 15) is 10.1 Å². The minimum absolute atomic E-state index is 0.0756. The zero-order valence-electron chi connectivity index (χ0n) is 11.5. The number of benzene rings is 2. The first-order valence-corrected chi connectivity index (χ1v) is 7.29. The second-order valence-corrected chi connectivity index (χ2v) is 5.20. The minimum atomic E-state index is -0.408. The molecular weight excluding hydrogens is 336 g/mol. The Hall–Kier alpha value is -2.08. The van der Waals surface area contributed by atoms with Gasteiger partial charge in [-0.15, -0.1) is 0 Å². The van der Waals surface area contributed by atoms with E-state index in [-0.39, 0.29) is 5.69 Å². The number of anilines is 1. The van der Waals surface area contributed by atoms with Crippen LogP contribution >= 0.6 is 15.9 Å². The Kier molecular flexibility index (Phi) is 5.16. The number of hydrogen-bond acceptors (Lipinski definition) is 4. The molecule has 0 aliphatic rings. The van der Waals surface area contributed by atoms with E-state index in [1.54, 1.807) is 6.07 Å². The van der Waals surface area contributed by atoms with Gasteiger partial charge in [0.25, 0.3) is 5.69 Å². The van der Waals surface area contributed by atoms with Crippen molar-refractivity contribution in [2.75, 3.05) is 11.9 Å². The Morgan fingerprint density at radius 2 is 1.95 bits per heavy atom. The van der Waals surface area contributed by atoms with Crippen molar-refractivity contribution in [1.82, 2.24) is 0 Å². The predicted molar refractivity (Wildman–Crippen MR) is 85.7 cm³/mol. The van der Waals surface area contributed by atoms with Crippen LogP contribution in [0.15, 0.2) is 46.9 Å². The number of nitro groups is 1. The van der Waals surface area contributed by atoms with Gasteiger partial charge < -0.3 is 10.1 Å². The lowest BCUT2D eigenvalue weighted by Gasteiger charge is -2.09. The highest BCUT2D eigenvalue weighted by Crippen LogP contribution is 2.24. The number of halogens is 1. The largest absolute Gasteiger partial charge is 0.494 e. The molecule has 0 aliphatic heterocycles. The summed E-state index contributed by atoms with van der Waals surface area (Å²) >= 11 is 3.36. The fourth-order valence-electron chi connectivity index (χ4n) is 1.83. The highest BCUT2D eigenvalue weighted by atomic mass is 79.9. The van der Waals surface area contributed by atoms with Crippen molar-refractivity contribution in [2.24, 2.45) is 0 Å². The van der Waals surface area contributed by atoms with Crippen LogP contribution in [0.1, 0.15) is 12.5 Å². The van der Waals surface area contributed by atoms with Crippen LogP contribution in [0, 0.1) is 10.1 Å². The van der Waals surface area contributed by atoms with E-state index >= 15 is 0 Å². The van der Waals surface area contributed by atoms with Gasteiger partial charge in [0.05, 0.1) is 11.5 Å². The molecule has 0 radical (unpaired) electrons. The number of ether oxygens (including phenoxy) is 1. The molecule has 0 unspecified atom stereocenters. The average Bonchev–Trinajstić information content (AvgIpc) is 2.47. The van der Waals surface area contributed by atoms with Crippen molar-refractivity contribution < 1.29 is 9.66 Å². The molecule has 110 valence electrons. The fraction of sp³-hybridized carbons (Fsp3) is 0.200. The Morgan fingerprint density at radius 3 is 2.52 bits per heavy atom. The molecule has 2 rings (SSSR count). The number of nitro benzene ring substituents is 1. The molecule has 21 heavy (non-hydrogen) atoms. The van der Waals surface area contributed by atoms with Crippen molar-refractivity contribution in [3.8, 4) is 5.75 Å². The fourth-order valence-corrected chi connectivity index (χ4v) is 2.33. The Morgan fingerprint density at radius 1 is 1.24 bits per heavy atom. The molecule has 5 nitrogen and oxygen atoms in total. The van der Waals surface area contributed by atoms with Gasteiger partial charge in [0.15, 0.2) is 0 Å². The van der Waals surface area contributed by atoms with Gasteiger partial charge in [-0.3, -0.25) is 10.1 Å². The molecule has 0 aromatic heterocycles. The molecule has 0 amide bonds.